The van der Waals surface area contributed by atoms with Gasteiger partial charge in [0.15, 0.2) is 0 Å². The van der Waals surface area contributed by atoms with Gasteiger partial charge in [-0.3, -0.25) is 0 Å². The van der Waals surface area contributed by atoms with Crippen molar-refractivity contribution in [2.24, 2.45) is 5.92 Å². The standard InChI is InChI=1S/C18H27NO/c1-2-14-6-5-7-16(12-14)19-13-15-10-11-20-18-9-4-3-8-17(15)18/h3-4,8-9,14-16,19H,2,5-7,10-13H2,1H3. The van der Waals surface area contributed by atoms with Crippen LogP contribution in [-0.2, 0) is 0 Å². The lowest BCUT2D eigenvalue weighted by Crippen LogP contribution is -2.37. The Morgan fingerprint density at radius 3 is 3.00 bits per heavy atom. The van der Waals surface area contributed by atoms with Crippen molar-refractivity contribution < 1.29 is 4.74 Å². The quantitative estimate of drug-likeness (QED) is 0.891. The molecule has 0 saturated heterocycles. The van der Waals surface area contributed by atoms with E-state index in [1.54, 1.807) is 0 Å². The summed E-state index contributed by atoms with van der Waals surface area (Å²) < 4.78 is 5.75. The minimum Gasteiger partial charge on any atom is -0.493 e. The number of benzene rings is 1. The van der Waals surface area contributed by atoms with Gasteiger partial charge < -0.3 is 10.1 Å². The van der Waals surface area contributed by atoms with E-state index in [-0.39, 0.29) is 0 Å². The minimum atomic E-state index is 0.627. The second kappa shape index (κ2) is 6.62. The van der Waals surface area contributed by atoms with E-state index in [2.05, 4.69) is 36.5 Å². The van der Waals surface area contributed by atoms with E-state index < -0.39 is 0 Å². The van der Waals surface area contributed by atoms with E-state index in [9.17, 15) is 0 Å². The van der Waals surface area contributed by atoms with Gasteiger partial charge in [-0.05, 0) is 36.8 Å². The number of ether oxygens (including phenoxy) is 1. The molecule has 1 aliphatic heterocycles. The van der Waals surface area contributed by atoms with E-state index in [0.717, 1.165) is 37.3 Å². The van der Waals surface area contributed by atoms with Crippen molar-refractivity contribution in [3.8, 4) is 5.75 Å². The summed E-state index contributed by atoms with van der Waals surface area (Å²) in [6.07, 6.45) is 8.07. The van der Waals surface area contributed by atoms with Crippen molar-refractivity contribution in [2.45, 2.75) is 57.4 Å². The monoisotopic (exact) mass is 273 g/mol. The fraction of sp³-hybridized carbons (Fsp3) is 0.667. The van der Waals surface area contributed by atoms with Gasteiger partial charge in [-0.1, -0.05) is 44.4 Å². The van der Waals surface area contributed by atoms with E-state index >= 15 is 0 Å². The van der Waals surface area contributed by atoms with E-state index in [0.29, 0.717) is 5.92 Å². The zero-order chi connectivity index (χ0) is 13.8. The molecule has 1 aromatic rings. The molecule has 1 aliphatic carbocycles. The summed E-state index contributed by atoms with van der Waals surface area (Å²) in [5.74, 6) is 2.67. The fourth-order valence-electron chi connectivity index (χ4n) is 3.78. The molecule has 0 spiro atoms. The Morgan fingerprint density at radius 2 is 2.10 bits per heavy atom. The predicted molar refractivity (Wildman–Crippen MR) is 83.3 cm³/mol. The van der Waals surface area contributed by atoms with Crippen LogP contribution in [0.4, 0.5) is 0 Å². The molecule has 2 nitrogen and oxygen atoms in total. The van der Waals surface area contributed by atoms with Crippen molar-refractivity contribution in [2.75, 3.05) is 13.2 Å². The summed E-state index contributed by atoms with van der Waals surface area (Å²) in [5, 5.41) is 3.84. The molecule has 3 atom stereocenters. The van der Waals surface area contributed by atoms with Crippen LogP contribution >= 0.6 is 0 Å². The van der Waals surface area contributed by atoms with Crippen LogP contribution in [0.3, 0.4) is 0 Å². The number of hydrogen-bond donors (Lipinski definition) is 1. The van der Waals surface area contributed by atoms with Crippen LogP contribution < -0.4 is 10.1 Å². The maximum absolute atomic E-state index is 5.75. The number of fused-ring (bicyclic) bond motifs is 1. The highest BCUT2D eigenvalue weighted by Gasteiger charge is 2.24. The molecular weight excluding hydrogens is 246 g/mol. The van der Waals surface area contributed by atoms with Crippen molar-refractivity contribution in [3.63, 3.8) is 0 Å². The van der Waals surface area contributed by atoms with Crippen molar-refractivity contribution in [1.29, 1.82) is 0 Å². The first-order chi connectivity index (χ1) is 9.86. The summed E-state index contributed by atoms with van der Waals surface area (Å²) in [5.41, 5.74) is 1.40. The highest BCUT2D eigenvalue weighted by Crippen LogP contribution is 2.33. The Bertz CT molecular complexity index is 431. The highest BCUT2D eigenvalue weighted by molar-refractivity contribution is 5.37. The second-order valence-electron chi connectivity index (χ2n) is 6.42. The molecule has 0 aromatic heterocycles. The summed E-state index contributed by atoms with van der Waals surface area (Å²) >= 11 is 0. The van der Waals surface area contributed by atoms with E-state index in [4.69, 9.17) is 4.74 Å². The summed E-state index contributed by atoms with van der Waals surface area (Å²) in [6, 6.07) is 9.28. The zero-order valence-corrected chi connectivity index (χ0v) is 12.6. The molecule has 0 radical (unpaired) electrons. The first-order valence-corrected chi connectivity index (χ1v) is 8.32. The SMILES string of the molecule is CCC1CCCC(NCC2CCOc3ccccc32)C1. The molecule has 3 unspecified atom stereocenters. The third kappa shape index (κ3) is 3.17. The molecule has 110 valence electrons. The van der Waals surface area contributed by atoms with Crippen LogP contribution in [0.5, 0.6) is 5.75 Å². The molecule has 1 heterocycles. The van der Waals surface area contributed by atoms with E-state index in [1.807, 2.05) is 0 Å². The molecule has 1 aromatic carbocycles. The first-order valence-electron chi connectivity index (χ1n) is 8.32. The third-order valence-corrected chi connectivity index (χ3v) is 5.10. The number of hydrogen-bond acceptors (Lipinski definition) is 2. The van der Waals surface area contributed by atoms with Gasteiger partial charge in [-0.15, -0.1) is 0 Å². The van der Waals surface area contributed by atoms with E-state index in [1.165, 1.54) is 37.7 Å². The van der Waals surface area contributed by atoms with Gasteiger partial charge in [-0.25, -0.2) is 0 Å². The summed E-state index contributed by atoms with van der Waals surface area (Å²) in [6.45, 7) is 4.31. The van der Waals surface area contributed by atoms with Crippen LogP contribution in [0, 0.1) is 5.92 Å². The smallest absolute Gasteiger partial charge is 0.122 e. The largest absolute Gasteiger partial charge is 0.493 e. The number of nitrogens with one attached hydrogen (secondary N) is 1. The molecule has 3 rings (SSSR count). The van der Waals surface area contributed by atoms with Crippen molar-refractivity contribution in [1.82, 2.24) is 5.32 Å². The number of para-hydroxylation sites is 1. The molecule has 1 fully saturated rings. The zero-order valence-electron chi connectivity index (χ0n) is 12.6. The normalized spacial score (nSPS) is 29.6. The lowest BCUT2D eigenvalue weighted by Gasteiger charge is -2.32. The Labute approximate surface area is 122 Å². The van der Waals surface area contributed by atoms with Crippen LogP contribution in [0.1, 0.15) is 56.9 Å². The third-order valence-electron chi connectivity index (χ3n) is 5.10. The molecule has 0 amide bonds. The van der Waals surface area contributed by atoms with Gasteiger partial charge >= 0.3 is 0 Å². The molecular formula is C18H27NO. The van der Waals surface area contributed by atoms with Crippen LogP contribution in [0.2, 0.25) is 0 Å². The fourth-order valence-corrected chi connectivity index (χ4v) is 3.78. The molecule has 2 aliphatic rings. The number of rotatable bonds is 4. The first kappa shape index (κ1) is 13.9. The van der Waals surface area contributed by atoms with Crippen molar-refractivity contribution in [3.05, 3.63) is 29.8 Å². The average molecular weight is 273 g/mol. The molecule has 20 heavy (non-hydrogen) atoms. The maximum Gasteiger partial charge on any atom is 0.122 e. The van der Waals surface area contributed by atoms with Gasteiger partial charge in [-0.2, -0.15) is 0 Å². The van der Waals surface area contributed by atoms with Gasteiger partial charge in [0.25, 0.3) is 0 Å². The highest BCUT2D eigenvalue weighted by atomic mass is 16.5. The Kier molecular flexibility index (Phi) is 4.62. The lowest BCUT2D eigenvalue weighted by atomic mass is 9.83. The van der Waals surface area contributed by atoms with Gasteiger partial charge in [0, 0.05) is 18.5 Å². The van der Waals surface area contributed by atoms with Crippen LogP contribution in [-0.4, -0.2) is 19.2 Å². The predicted octanol–water partition coefficient (Wildman–Crippen LogP) is 4.11. The molecule has 2 heteroatoms. The van der Waals surface area contributed by atoms with Crippen LogP contribution in [0.25, 0.3) is 0 Å². The molecule has 1 saturated carbocycles. The maximum atomic E-state index is 5.75. The second-order valence-corrected chi connectivity index (χ2v) is 6.42. The van der Waals surface area contributed by atoms with Gasteiger partial charge in [0.1, 0.15) is 5.75 Å². The van der Waals surface area contributed by atoms with Gasteiger partial charge in [0.2, 0.25) is 0 Å². The lowest BCUT2D eigenvalue weighted by molar-refractivity contribution is 0.246. The minimum absolute atomic E-state index is 0.627. The Hall–Kier alpha value is -1.02. The van der Waals surface area contributed by atoms with Gasteiger partial charge in [0.05, 0.1) is 6.61 Å². The average Bonchev–Trinajstić information content (AvgIpc) is 2.53. The Morgan fingerprint density at radius 1 is 1.20 bits per heavy atom. The van der Waals surface area contributed by atoms with Crippen molar-refractivity contribution >= 4 is 0 Å². The Balaban J connectivity index is 1.56. The summed E-state index contributed by atoms with van der Waals surface area (Å²) in [7, 11) is 0. The van der Waals surface area contributed by atoms with Crippen LogP contribution in [0.15, 0.2) is 24.3 Å². The molecule has 0 bridgehead atoms. The molecule has 1 N–H and O–H groups in total. The summed E-state index contributed by atoms with van der Waals surface area (Å²) in [4.78, 5) is 0. The topological polar surface area (TPSA) is 21.3 Å².